The summed E-state index contributed by atoms with van der Waals surface area (Å²) in [6.45, 7) is 1.33. The Morgan fingerprint density at radius 1 is 1.26 bits per heavy atom. The van der Waals surface area contributed by atoms with E-state index in [-0.39, 0.29) is 6.61 Å². The summed E-state index contributed by atoms with van der Waals surface area (Å²) in [5, 5.41) is 15.4. The number of hydrogen-bond acceptors (Lipinski definition) is 5. The van der Waals surface area contributed by atoms with Crippen molar-refractivity contribution in [3.8, 4) is 5.75 Å². The fraction of sp³-hybridized carbons (Fsp3) is 0.500. The molecule has 1 aromatic heterocycles. The molecule has 4 nitrogen and oxygen atoms in total. The maximum absolute atomic E-state index is 9.04. The van der Waals surface area contributed by atoms with Crippen LogP contribution in [0.4, 0.5) is 0 Å². The lowest BCUT2D eigenvalue weighted by atomic mass is 9.95. The van der Waals surface area contributed by atoms with Crippen molar-refractivity contribution >= 4 is 11.3 Å². The molecule has 1 fully saturated rings. The number of ether oxygens (including phenoxy) is 1. The quantitative estimate of drug-likeness (QED) is 0.813. The summed E-state index contributed by atoms with van der Waals surface area (Å²) in [5.41, 5.74) is 1.96. The van der Waals surface area contributed by atoms with Crippen molar-refractivity contribution in [3.05, 3.63) is 45.9 Å². The first-order valence-electron chi connectivity index (χ1n) is 8.33. The summed E-state index contributed by atoms with van der Waals surface area (Å²) in [6, 6.07) is 8.91. The molecule has 124 valence electrons. The van der Waals surface area contributed by atoms with Crippen molar-refractivity contribution in [2.75, 3.05) is 0 Å². The summed E-state index contributed by atoms with van der Waals surface area (Å²) < 4.78 is 5.82. The molecule has 1 aromatic carbocycles. The minimum absolute atomic E-state index is 0.0151. The van der Waals surface area contributed by atoms with E-state index in [1.807, 2.05) is 17.5 Å². The Morgan fingerprint density at radius 2 is 2.13 bits per heavy atom. The highest BCUT2D eigenvalue weighted by molar-refractivity contribution is 7.09. The minimum Gasteiger partial charge on any atom is -0.486 e. The van der Waals surface area contributed by atoms with Gasteiger partial charge in [-0.05, 0) is 30.5 Å². The van der Waals surface area contributed by atoms with Crippen molar-refractivity contribution in [1.82, 2.24) is 10.3 Å². The minimum atomic E-state index is -0.0151. The molecule has 1 heterocycles. The van der Waals surface area contributed by atoms with Gasteiger partial charge < -0.3 is 15.2 Å². The standard InChI is InChI=1S/C18H24N2O2S/c21-11-16-13-23-18(20-16)12-22-17-8-4-5-14(9-17)10-19-15-6-2-1-3-7-15/h4-5,8-9,13,15,19,21H,1-3,6-7,10-12H2. The van der Waals surface area contributed by atoms with Gasteiger partial charge in [0.15, 0.2) is 0 Å². The zero-order chi connectivity index (χ0) is 15.9. The molecular formula is C18H24N2O2S. The Morgan fingerprint density at radius 3 is 2.91 bits per heavy atom. The van der Waals surface area contributed by atoms with E-state index in [4.69, 9.17) is 9.84 Å². The molecule has 0 radical (unpaired) electrons. The summed E-state index contributed by atoms with van der Waals surface area (Å²) >= 11 is 1.52. The van der Waals surface area contributed by atoms with Gasteiger partial charge in [-0.2, -0.15) is 0 Å². The van der Waals surface area contributed by atoms with Gasteiger partial charge in [0.25, 0.3) is 0 Å². The Bertz CT molecular complexity index is 609. The van der Waals surface area contributed by atoms with E-state index in [1.54, 1.807) is 0 Å². The highest BCUT2D eigenvalue weighted by atomic mass is 32.1. The van der Waals surface area contributed by atoms with Crippen LogP contribution in [0.3, 0.4) is 0 Å². The first-order valence-corrected chi connectivity index (χ1v) is 9.21. The van der Waals surface area contributed by atoms with E-state index in [1.165, 1.54) is 49.0 Å². The third kappa shape index (κ3) is 5.03. The first-order chi connectivity index (χ1) is 11.3. The molecule has 1 aliphatic carbocycles. The second-order valence-electron chi connectivity index (χ2n) is 6.04. The van der Waals surface area contributed by atoms with Crippen LogP contribution < -0.4 is 10.1 Å². The van der Waals surface area contributed by atoms with Crippen LogP contribution in [0.2, 0.25) is 0 Å². The normalized spacial score (nSPS) is 15.7. The molecule has 0 spiro atoms. The Labute approximate surface area is 141 Å². The van der Waals surface area contributed by atoms with Gasteiger partial charge in [0, 0.05) is 18.0 Å². The van der Waals surface area contributed by atoms with Crippen molar-refractivity contribution in [1.29, 1.82) is 0 Å². The Hall–Kier alpha value is -1.43. The second kappa shape index (κ2) is 8.43. The van der Waals surface area contributed by atoms with Crippen molar-refractivity contribution in [3.63, 3.8) is 0 Å². The summed E-state index contributed by atoms with van der Waals surface area (Å²) in [4.78, 5) is 4.29. The maximum Gasteiger partial charge on any atom is 0.140 e. The van der Waals surface area contributed by atoms with Crippen LogP contribution in [0.15, 0.2) is 29.6 Å². The van der Waals surface area contributed by atoms with E-state index in [0.29, 0.717) is 18.3 Å². The lowest BCUT2D eigenvalue weighted by Crippen LogP contribution is -2.30. The van der Waals surface area contributed by atoms with Gasteiger partial charge in [-0.15, -0.1) is 11.3 Å². The average Bonchev–Trinajstić information content (AvgIpc) is 3.08. The number of aliphatic hydroxyl groups excluding tert-OH is 1. The van der Waals surface area contributed by atoms with Crippen LogP contribution in [0.5, 0.6) is 5.75 Å². The Kier molecular flexibility index (Phi) is 6.02. The SMILES string of the molecule is OCc1csc(COc2cccc(CNC3CCCCC3)c2)n1. The molecule has 0 unspecified atom stereocenters. The van der Waals surface area contributed by atoms with E-state index < -0.39 is 0 Å². The first kappa shape index (κ1) is 16.4. The number of nitrogens with zero attached hydrogens (tertiary/aromatic N) is 1. The molecule has 0 saturated heterocycles. The van der Waals surface area contributed by atoms with Crippen LogP contribution in [0.1, 0.15) is 48.4 Å². The molecule has 1 aliphatic rings. The predicted molar refractivity (Wildman–Crippen MR) is 92.5 cm³/mol. The topological polar surface area (TPSA) is 54.4 Å². The van der Waals surface area contributed by atoms with E-state index >= 15 is 0 Å². The average molecular weight is 332 g/mol. The van der Waals surface area contributed by atoms with E-state index in [2.05, 4.69) is 22.4 Å². The molecule has 0 atom stereocenters. The number of aromatic nitrogens is 1. The van der Waals surface area contributed by atoms with Crippen LogP contribution in [-0.4, -0.2) is 16.1 Å². The van der Waals surface area contributed by atoms with Crippen molar-refractivity contribution in [2.24, 2.45) is 0 Å². The van der Waals surface area contributed by atoms with Gasteiger partial charge in [0.2, 0.25) is 0 Å². The van der Waals surface area contributed by atoms with E-state index in [0.717, 1.165) is 17.3 Å². The Balaban J connectivity index is 1.50. The summed E-state index contributed by atoms with van der Waals surface area (Å²) in [7, 11) is 0. The number of rotatable bonds is 7. The molecule has 23 heavy (non-hydrogen) atoms. The fourth-order valence-corrected chi connectivity index (χ4v) is 3.64. The third-order valence-electron chi connectivity index (χ3n) is 4.22. The van der Waals surface area contributed by atoms with Gasteiger partial charge in [0.1, 0.15) is 17.4 Å². The van der Waals surface area contributed by atoms with Crippen molar-refractivity contribution < 1.29 is 9.84 Å². The molecule has 0 aliphatic heterocycles. The molecule has 2 aromatic rings. The lowest BCUT2D eigenvalue weighted by Gasteiger charge is -2.23. The zero-order valence-corrected chi connectivity index (χ0v) is 14.1. The smallest absolute Gasteiger partial charge is 0.140 e. The number of hydrogen-bond donors (Lipinski definition) is 2. The van der Waals surface area contributed by atoms with Gasteiger partial charge >= 0.3 is 0 Å². The van der Waals surface area contributed by atoms with Gasteiger partial charge in [0.05, 0.1) is 12.3 Å². The van der Waals surface area contributed by atoms with Gasteiger partial charge in [-0.3, -0.25) is 0 Å². The highest BCUT2D eigenvalue weighted by Gasteiger charge is 2.12. The lowest BCUT2D eigenvalue weighted by molar-refractivity contribution is 0.275. The predicted octanol–water partition coefficient (Wildman–Crippen LogP) is 3.64. The maximum atomic E-state index is 9.04. The van der Waals surface area contributed by atoms with Crippen LogP contribution >= 0.6 is 11.3 Å². The summed E-state index contributed by atoms with van der Waals surface area (Å²) in [5.74, 6) is 0.869. The molecule has 0 bridgehead atoms. The zero-order valence-electron chi connectivity index (χ0n) is 13.3. The molecule has 5 heteroatoms. The monoisotopic (exact) mass is 332 g/mol. The fourth-order valence-electron chi connectivity index (χ4n) is 2.95. The second-order valence-corrected chi connectivity index (χ2v) is 6.99. The van der Waals surface area contributed by atoms with Gasteiger partial charge in [-0.25, -0.2) is 4.98 Å². The molecule has 3 rings (SSSR count). The van der Waals surface area contributed by atoms with Gasteiger partial charge in [-0.1, -0.05) is 31.4 Å². The summed E-state index contributed by atoms with van der Waals surface area (Å²) in [6.07, 6.45) is 6.69. The third-order valence-corrected chi connectivity index (χ3v) is 5.09. The largest absolute Gasteiger partial charge is 0.486 e. The van der Waals surface area contributed by atoms with Crippen LogP contribution in [-0.2, 0) is 19.8 Å². The highest BCUT2D eigenvalue weighted by Crippen LogP contribution is 2.20. The molecular weight excluding hydrogens is 308 g/mol. The number of aliphatic hydroxyl groups is 1. The molecule has 1 saturated carbocycles. The number of nitrogens with one attached hydrogen (secondary N) is 1. The molecule has 0 amide bonds. The number of benzene rings is 1. The molecule has 2 N–H and O–H groups in total. The van der Waals surface area contributed by atoms with Crippen LogP contribution in [0.25, 0.3) is 0 Å². The number of thiazole rings is 1. The van der Waals surface area contributed by atoms with Crippen molar-refractivity contribution in [2.45, 2.75) is 57.9 Å². The van der Waals surface area contributed by atoms with Crippen LogP contribution in [0, 0.1) is 0 Å². The van der Waals surface area contributed by atoms with E-state index in [9.17, 15) is 0 Å².